The third-order valence-electron chi connectivity index (χ3n) is 10.2. The van der Waals surface area contributed by atoms with Crippen LogP contribution in [0.5, 0.6) is 0 Å². The van der Waals surface area contributed by atoms with Gasteiger partial charge in [0.1, 0.15) is 23.3 Å². The number of hydrogen-bond acceptors (Lipinski definition) is 10. The second-order valence-corrected chi connectivity index (χ2v) is 14.3. The first-order valence-corrected chi connectivity index (χ1v) is 19.2. The lowest BCUT2D eigenvalue weighted by atomic mass is 10.0. The van der Waals surface area contributed by atoms with Crippen molar-refractivity contribution in [3.05, 3.63) is 163 Å². The fourth-order valence-electron chi connectivity index (χ4n) is 7.61. The van der Waals surface area contributed by atoms with E-state index in [-0.39, 0.29) is 0 Å². The van der Waals surface area contributed by atoms with Gasteiger partial charge in [-0.2, -0.15) is 0 Å². The van der Waals surface area contributed by atoms with Crippen molar-refractivity contribution in [2.45, 2.75) is 27.7 Å². The van der Waals surface area contributed by atoms with Crippen LogP contribution < -0.4 is 0 Å². The second kappa shape index (κ2) is 14.5. The summed E-state index contributed by atoms with van der Waals surface area (Å²) >= 11 is 0. The third kappa shape index (κ3) is 6.74. The van der Waals surface area contributed by atoms with Gasteiger partial charge in [-0.25, -0.2) is 44.9 Å². The maximum Gasteiger partial charge on any atom is 0.166 e. The van der Waals surface area contributed by atoms with E-state index in [1.807, 2.05) is 100 Å². The average Bonchev–Trinajstić information content (AvgIpc) is 3.59. The Morgan fingerprint density at radius 3 is 1.27 bits per heavy atom. The normalized spacial score (nSPS) is 11.4. The molecule has 0 radical (unpaired) electrons. The number of nitrogens with zero attached hydrogens (tertiary/aromatic N) is 11. The molecule has 5 heterocycles. The first-order valence-electron chi connectivity index (χ1n) is 19.2. The highest BCUT2D eigenvalue weighted by Gasteiger charge is 2.22. The molecule has 10 aromatic rings. The Bertz CT molecular complexity index is 2990. The largest absolute Gasteiger partial charge is 0.308 e. The summed E-state index contributed by atoms with van der Waals surface area (Å²) in [6.07, 6.45) is 3.61. The van der Waals surface area contributed by atoms with Crippen LogP contribution in [0.3, 0.4) is 0 Å². The molecule has 0 aliphatic carbocycles. The number of pyridine rings is 1. The summed E-state index contributed by atoms with van der Waals surface area (Å²) in [6, 6.07) is 43.3. The minimum atomic E-state index is 0.541. The summed E-state index contributed by atoms with van der Waals surface area (Å²) in [7, 11) is 0. The molecular formula is C48H35N11. The second-order valence-electron chi connectivity index (χ2n) is 14.3. The molecule has 282 valence electrons. The minimum absolute atomic E-state index is 0.541. The molecule has 0 unspecified atom stereocenters. The van der Waals surface area contributed by atoms with Crippen LogP contribution in [0.25, 0.3) is 95.6 Å². The molecular weight excluding hydrogens is 731 g/mol. The lowest BCUT2D eigenvalue weighted by molar-refractivity contribution is 0.928. The van der Waals surface area contributed by atoms with E-state index in [0.29, 0.717) is 52.4 Å². The van der Waals surface area contributed by atoms with Crippen LogP contribution in [0.4, 0.5) is 0 Å². The van der Waals surface area contributed by atoms with Crippen LogP contribution in [0, 0.1) is 27.7 Å². The molecule has 5 aromatic carbocycles. The maximum atomic E-state index is 5.21. The lowest BCUT2D eigenvalue weighted by Gasteiger charge is -2.16. The quantitative estimate of drug-likeness (QED) is 0.154. The van der Waals surface area contributed by atoms with E-state index in [1.54, 1.807) is 12.4 Å². The van der Waals surface area contributed by atoms with Crippen LogP contribution in [-0.4, -0.2) is 54.4 Å². The predicted molar refractivity (Wildman–Crippen MR) is 230 cm³/mol. The van der Waals surface area contributed by atoms with Crippen molar-refractivity contribution in [1.82, 2.24) is 54.4 Å². The lowest BCUT2D eigenvalue weighted by Crippen LogP contribution is -2.04. The van der Waals surface area contributed by atoms with Crippen LogP contribution in [0.1, 0.15) is 23.3 Å². The summed E-state index contributed by atoms with van der Waals surface area (Å²) in [6.45, 7) is 7.55. The highest BCUT2D eigenvalue weighted by molar-refractivity contribution is 6.12. The van der Waals surface area contributed by atoms with Gasteiger partial charge in [-0.3, -0.25) is 4.98 Å². The highest BCUT2D eigenvalue weighted by Crippen LogP contribution is 2.40. The Labute approximate surface area is 339 Å². The molecule has 0 atom stereocenters. The Morgan fingerprint density at radius 1 is 0.339 bits per heavy atom. The topological polar surface area (TPSA) is 134 Å². The molecule has 0 saturated carbocycles. The monoisotopic (exact) mass is 765 g/mol. The third-order valence-corrected chi connectivity index (χ3v) is 10.2. The van der Waals surface area contributed by atoms with Gasteiger partial charge in [-0.05, 0) is 99.5 Å². The summed E-state index contributed by atoms with van der Waals surface area (Å²) in [5, 5.41) is 2.01. The van der Waals surface area contributed by atoms with Crippen LogP contribution in [0.15, 0.2) is 140 Å². The summed E-state index contributed by atoms with van der Waals surface area (Å²) < 4.78 is 2.28. The van der Waals surface area contributed by atoms with E-state index >= 15 is 0 Å². The molecule has 0 bridgehead atoms. The van der Waals surface area contributed by atoms with Crippen molar-refractivity contribution in [3.63, 3.8) is 0 Å². The number of aryl methyl sites for hydroxylation is 4. The van der Waals surface area contributed by atoms with Crippen molar-refractivity contribution in [1.29, 1.82) is 0 Å². The van der Waals surface area contributed by atoms with E-state index in [1.165, 1.54) is 0 Å². The molecule has 11 heteroatoms. The zero-order chi connectivity index (χ0) is 40.0. The minimum Gasteiger partial charge on any atom is -0.308 e. The zero-order valence-corrected chi connectivity index (χ0v) is 32.7. The van der Waals surface area contributed by atoms with Gasteiger partial charge in [0, 0.05) is 51.0 Å². The van der Waals surface area contributed by atoms with Crippen molar-refractivity contribution in [2.24, 2.45) is 0 Å². The predicted octanol–water partition coefficient (Wildman–Crippen LogP) is 9.97. The fraction of sp³-hybridized carbons (Fsp3) is 0.0833. The molecule has 0 aliphatic heterocycles. The van der Waals surface area contributed by atoms with E-state index in [4.69, 9.17) is 34.9 Å². The first kappa shape index (κ1) is 35.5. The van der Waals surface area contributed by atoms with Gasteiger partial charge in [0.2, 0.25) is 0 Å². The van der Waals surface area contributed by atoms with Gasteiger partial charge in [-0.1, -0.05) is 66.7 Å². The Balaban J connectivity index is 1.28. The average molecular weight is 766 g/mol. The van der Waals surface area contributed by atoms with Crippen LogP contribution in [-0.2, 0) is 0 Å². The Hall–Kier alpha value is -7.92. The smallest absolute Gasteiger partial charge is 0.166 e. The Kier molecular flexibility index (Phi) is 8.75. The molecule has 0 aliphatic rings. The maximum absolute atomic E-state index is 5.21. The number of benzene rings is 5. The standard InChI is InChI=1S/C48H35N11/c1-28-50-29(2)53-46(52-28)36-16-19-41-38(26-36)39-27-37(47-54-30(3)51-31(4)55-47)17-20-42(39)59(41)43-18-15-35(32-21-23-49-24-22-32)25-40(43)48-57-44(33-11-7-5-8-12-33)56-45(58-48)34-13-9-6-10-14-34/h5-27H,1-4H3. The first-order chi connectivity index (χ1) is 28.8. The summed E-state index contributed by atoms with van der Waals surface area (Å²) in [5.41, 5.74) is 9.25. The molecule has 59 heavy (non-hydrogen) atoms. The van der Waals surface area contributed by atoms with Crippen molar-refractivity contribution in [3.8, 4) is 73.8 Å². The molecule has 0 saturated heterocycles. The zero-order valence-electron chi connectivity index (χ0n) is 32.7. The van der Waals surface area contributed by atoms with E-state index in [2.05, 4.69) is 74.1 Å². The van der Waals surface area contributed by atoms with Gasteiger partial charge in [-0.15, -0.1) is 0 Å². The van der Waals surface area contributed by atoms with Gasteiger partial charge in [0.15, 0.2) is 29.1 Å². The molecule has 11 nitrogen and oxygen atoms in total. The highest BCUT2D eigenvalue weighted by atomic mass is 15.1. The summed E-state index contributed by atoms with van der Waals surface area (Å²) in [5.74, 6) is 5.60. The van der Waals surface area contributed by atoms with E-state index < -0.39 is 0 Å². The number of aromatic nitrogens is 11. The van der Waals surface area contributed by atoms with Gasteiger partial charge >= 0.3 is 0 Å². The van der Waals surface area contributed by atoms with Crippen LogP contribution >= 0.6 is 0 Å². The molecule has 10 rings (SSSR count). The van der Waals surface area contributed by atoms with Crippen molar-refractivity contribution < 1.29 is 0 Å². The molecule has 0 fully saturated rings. The van der Waals surface area contributed by atoms with Crippen molar-refractivity contribution in [2.75, 3.05) is 0 Å². The fourth-order valence-corrected chi connectivity index (χ4v) is 7.61. The molecule has 0 N–H and O–H groups in total. The molecule has 5 aromatic heterocycles. The van der Waals surface area contributed by atoms with Gasteiger partial charge in [0.05, 0.1) is 16.7 Å². The van der Waals surface area contributed by atoms with Crippen LogP contribution in [0.2, 0.25) is 0 Å². The molecule has 0 amide bonds. The van der Waals surface area contributed by atoms with E-state index in [9.17, 15) is 0 Å². The SMILES string of the molecule is Cc1nc(C)nc(-c2ccc3c(c2)c2cc(-c4nc(C)nc(C)n4)ccc2n3-c2ccc(-c3ccncc3)cc2-c2nc(-c3ccccc3)nc(-c3ccccc3)n2)n1. The number of rotatable bonds is 7. The van der Waals surface area contributed by atoms with E-state index in [0.717, 1.165) is 66.4 Å². The molecule has 0 spiro atoms. The number of hydrogen-bond donors (Lipinski definition) is 0. The number of fused-ring (bicyclic) bond motifs is 3. The van der Waals surface area contributed by atoms with Crippen molar-refractivity contribution >= 4 is 21.8 Å². The van der Waals surface area contributed by atoms with Gasteiger partial charge < -0.3 is 4.57 Å². The summed E-state index contributed by atoms with van der Waals surface area (Å²) in [4.78, 5) is 47.4. The van der Waals surface area contributed by atoms with Gasteiger partial charge in [0.25, 0.3) is 0 Å². The Morgan fingerprint density at radius 2 is 0.780 bits per heavy atom.